The van der Waals surface area contributed by atoms with Crippen LogP contribution in [0, 0.1) is 19.8 Å². The van der Waals surface area contributed by atoms with Crippen molar-refractivity contribution in [3.05, 3.63) is 76.7 Å². The fourth-order valence-corrected chi connectivity index (χ4v) is 3.77. The van der Waals surface area contributed by atoms with Crippen LogP contribution in [0.1, 0.15) is 42.7 Å². The van der Waals surface area contributed by atoms with E-state index in [0.29, 0.717) is 16.7 Å². The van der Waals surface area contributed by atoms with Crippen LogP contribution < -0.4 is 5.32 Å². The van der Waals surface area contributed by atoms with Crippen LogP contribution in [-0.4, -0.2) is 30.8 Å². The lowest BCUT2D eigenvalue weighted by Crippen LogP contribution is -2.33. The predicted octanol–water partition coefficient (Wildman–Crippen LogP) is 4.64. The smallest absolute Gasteiger partial charge is 0.249 e. The average molecular weight is 465 g/mol. The Balaban J connectivity index is 1.51. The second kappa shape index (κ2) is 9.54. The van der Waals surface area contributed by atoms with E-state index < -0.39 is 6.04 Å². The highest BCUT2D eigenvalue weighted by molar-refractivity contribution is 6.30. The molecule has 0 saturated heterocycles. The van der Waals surface area contributed by atoms with Gasteiger partial charge in [-0.25, -0.2) is 4.68 Å². The third-order valence-electron chi connectivity index (χ3n) is 5.48. The van der Waals surface area contributed by atoms with Crippen LogP contribution in [0.2, 0.25) is 5.02 Å². The highest BCUT2D eigenvalue weighted by atomic mass is 35.5. The highest BCUT2D eigenvalue weighted by Gasteiger charge is 2.26. The maximum Gasteiger partial charge on any atom is 0.249 e. The predicted molar refractivity (Wildman–Crippen MR) is 125 cm³/mol. The molecule has 0 aliphatic rings. The van der Waals surface area contributed by atoms with Crippen molar-refractivity contribution in [1.29, 1.82) is 0 Å². The summed E-state index contributed by atoms with van der Waals surface area (Å²) in [5.74, 6) is 0.747. The van der Waals surface area contributed by atoms with E-state index in [0.717, 1.165) is 28.2 Å². The fourth-order valence-electron chi connectivity index (χ4n) is 3.64. The van der Waals surface area contributed by atoms with Gasteiger partial charge in [0.25, 0.3) is 0 Å². The average Bonchev–Trinajstić information content (AvgIpc) is 3.39. The van der Waals surface area contributed by atoms with E-state index in [-0.39, 0.29) is 18.2 Å². The van der Waals surface area contributed by atoms with E-state index in [9.17, 15) is 4.79 Å². The fraction of sp³-hybridized carbons (Fsp3) is 0.292. The third kappa shape index (κ3) is 4.96. The number of aryl methyl sites for hydroxylation is 1. The number of nitrogens with one attached hydrogen (secondary N) is 1. The van der Waals surface area contributed by atoms with Gasteiger partial charge in [0.05, 0.1) is 17.8 Å². The summed E-state index contributed by atoms with van der Waals surface area (Å²) in [5, 5.41) is 12.4. The number of pyridine rings is 1. The molecule has 0 fully saturated rings. The van der Waals surface area contributed by atoms with E-state index in [1.807, 2.05) is 68.8 Å². The zero-order chi connectivity index (χ0) is 23.5. The molecule has 3 aromatic heterocycles. The van der Waals surface area contributed by atoms with Crippen LogP contribution in [0.15, 0.2) is 53.3 Å². The number of carbonyl (C=O) groups is 1. The molecule has 1 atom stereocenters. The molecule has 1 amide bonds. The van der Waals surface area contributed by atoms with Crippen molar-refractivity contribution in [3.8, 4) is 17.1 Å². The first-order valence-corrected chi connectivity index (χ1v) is 11.1. The minimum absolute atomic E-state index is 0.0543. The summed E-state index contributed by atoms with van der Waals surface area (Å²) in [4.78, 5) is 21.5. The Morgan fingerprint density at radius 2 is 1.82 bits per heavy atom. The second-order valence-corrected chi connectivity index (χ2v) is 8.63. The lowest BCUT2D eigenvalue weighted by atomic mass is 10.0. The van der Waals surface area contributed by atoms with Gasteiger partial charge in [-0.1, -0.05) is 30.6 Å². The van der Waals surface area contributed by atoms with Gasteiger partial charge in [-0.05, 0) is 56.2 Å². The Hall–Kier alpha value is -3.52. The monoisotopic (exact) mass is 464 g/mol. The van der Waals surface area contributed by atoms with E-state index >= 15 is 0 Å². The maximum atomic E-state index is 13.0. The molecule has 33 heavy (non-hydrogen) atoms. The quantitative estimate of drug-likeness (QED) is 0.427. The zero-order valence-electron chi connectivity index (χ0n) is 18.9. The largest absolute Gasteiger partial charge is 0.344 e. The van der Waals surface area contributed by atoms with Gasteiger partial charge in [-0.2, -0.15) is 10.1 Å². The molecular weight excluding hydrogens is 440 g/mol. The van der Waals surface area contributed by atoms with Crippen molar-refractivity contribution < 1.29 is 9.32 Å². The van der Waals surface area contributed by atoms with Gasteiger partial charge in [0.2, 0.25) is 17.6 Å². The molecule has 1 aromatic carbocycles. The summed E-state index contributed by atoms with van der Waals surface area (Å²) in [5.41, 5.74) is 4.28. The van der Waals surface area contributed by atoms with E-state index in [2.05, 4.69) is 25.5 Å². The summed E-state index contributed by atoms with van der Waals surface area (Å²) in [7, 11) is 0. The molecule has 4 aromatic rings. The molecule has 0 aliphatic carbocycles. The van der Waals surface area contributed by atoms with Crippen molar-refractivity contribution in [1.82, 2.24) is 30.2 Å². The van der Waals surface area contributed by atoms with Crippen LogP contribution >= 0.6 is 11.6 Å². The van der Waals surface area contributed by atoms with Crippen molar-refractivity contribution in [2.45, 2.75) is 40.2 Å². The van der Waals surface area contributed by atoms with Crippen LogP contribution in [0.5, 0.6) is 0 Å². The first-order chi connectivity index (χ1) is 15.8. The first kappa shape index (κ1) is 22.7. The van der Waals surface area contributed by atoms with Gasteiger partial charge < -0.3 is 9.84 Å². The lowest BCUT2D eigenvalue weighted by molar-refractivity contribution is -0.121. The van der Waals surface area contributed by atoms with Crippen molar-refractivity contribution >= 4 is 17.5 Å². The second-order valence-electron chi connectivity index (χ2n) is 8.20. The number of nitrogens with zero attached hydrogens (tertiary/aromatic N) is 5. The number of carbonyl (C=O) groups excluding carboxylic acids is 1. The molecule has 0 spiro atoms. The van der Waals surface area contributed by atoms with Gasteiger partial charge in [0.1, 0.15) is 6.04 Å². The molecule has 0 bridgehead atoms. The van der Waals surface area contributed by atoms with Crippen LogP contribution in [-0.2, 0) is 11.2 Å². The van der Waals surface area contributed by atoms with E-state index in [4.69, 9.17) is 16.1 Å². The number of aromatic nitrogens is 5. The van der Waals surface area contributed by atoms with Gasteiger partial charge in [0, 0.05) is 34.2 Å². The Bertz CT molecular complexity index is 1250. The number of rotatable bonds is 7. The third-order valence-corrected chi connectivity index (χ3v) is 5.73. The number of hydrogen-bond acceptors (Lipinski definition) is 6. The molecule has 1 N–H and O–H groups in total. The molecular formula is C24H25ClN6O2. The van der Waals surface area contributed by atoms with Gasteiger partial charge in [-0.3, -0.25) is 9.78 Å². The lowest BCUT2D eigenvalue weighted by Gasteiger charge is -2.18. The first-order valence-electron chi connectivity index (χ1n) is 10.7. The van der Waals surface area contributed by atoms with Crippen molar-refractivity contribution in [2.75, 3.05) is 0 Å². The molecule has 9 heteroatoms. The standard InChI is InChI=1S/C24H25ClN6O2/c1-14(2)22(24-28-23(30-33-24)17-9-11-26-12-10-17)27-21(32)13-20-15(3)29-31(16(20)4)19-7-5-18(25)6-8-19/h5-12,14,22H,13H2,1-4H3,(H,27,32). The normalized spacial score (nSPS) is 12.2. The van der Waals surface area contributed by atoms with Crippen LogP contribution in [0.4, 0.5) is 0 Å². The Morgan fingerprint density at radius 1 is 1.12 bits per heavy atom. The number of amides is 1. The Labute approximate surface area is 197 Å². The number of hydrogen-bond donors (Lipinski definition) is 1. The van der Waals surface area contributed by atoms with Crippen LogP contribution in [0.25, 0.3) is 17.1 Å². The van der Waals surface area contributed by atoms with Gasteiger partial charge in [-0.15, -0.1) is 0 Å². The Morgan fingerprint density at radius 3 is 2.48 bits per heavy atom. The molecule has 0 saturated carbocycles. The maximum absolute atomic E-state index is 13.0. The number of benzene rings is 1. The number of halogens is 1. The van der Waals surface area contributed by atoms with Gasteiger partial charge >= 0.3 is 0 Å². The summed E-state index contributed by atoms with van der Waals surface area (Å²) >= 11 is 6.00. The Kier molecular flexibility index (Phi) is 6.55. The molecule has 3 heterocycles. The molecule has 8 nitrogen and oxygen atoms in total. The molecule has 0 radical (unpaired) electrons. The van der Waals surface area contributed by atoms with Gasteiger partial charge in [0.15, 0.2) is 0 Å². The highest BCUT2D eigenvalue weighted by Crippen LogP contribution is 2.24. The summed E-state index contributed by atoms with van der Waals surface area (Å²) in [6.45, 7) is 7.85. The van der Waals surface area contributed by atoms with E-state index in [1.165, 1.54) is 0 Å². The minimum atomic E-state index is -0.410. The van der Waals surface area contributed by atoms with E-state index in [1.54, 1.807) is 12.4 Å². The molecule has 170 valence electrons. The summed E-state index contributed by atoms with van der Waals surface area (Å²) < 4.78 is 7.32. The van der Waals surface area contributed by atoms with Crippen LogP contribution in [0.3, 0.4) is 0 Å². The summed E-state index contributed by atoms with van der Waals surface area (Å²) in [6, 6.07) is 10.6. The van der Waals surface area contributed by atoms with Crippen molar-refractivity contribution in [3.63, 3.8) is 0 Å². The SMILES string of the molecule is Cc1nn(-c2ccc(Cl)cc2)c(C)c1CC(=O)NC(c1nc(-c2ccncc2)no1)C(C)C. The van der Waals surface area contributed by atoms with Crippen molar-refractivity contribution in [2.24, 2.45) is 5.92 Å². The topological polar surface area (TPSA) is 98.7 Å². The zero-order valence-corrected chi connectivity index (χ0v) is 19.7. The summed E-state index contributed by atoms with van der Waals surface area (Å²) in [6.07, 6.45) is 3.53. The minimum Gasteiger partial charge on any atom is -0.344 e. The molecule has 0 aliphatic heterocycles. The molecule has 4 rings (SSSR count). The molecule has 1 unspecified atom stereocenters.